The molecule has 0 spiro atoms. The van der Waals surface area contributed by atoms with Crippen molar-refractivity contribution in [1.29, 1.82) is 0 Å². The molecule has 158 valence electrons. The Morgan fingerprint density at radius 2 is 1.74 bits per heavy atom. The second kappa shape index (κ2) is 8.02. The van der Waals surface area contributed by atoms with Crippen LogP contribution in [-0.2, 0) is 9.84 Å². The van der Waals surface area contributed by atoms with Crippen LogP contribution >= 0.6 is 0 Å². The summed E-state index contributed by atoms with van der Waals surface area (Å²) < 4.78 is 23.8. The maximum Gasteiger partial charge on any atom is 0.175 e. The van der Waals surface area contributed by atoms with Gasteiger partial charge < -0.3 is 5.32 Å². The summed E-state index contributed by atoms with van der Waals surface area (Å²) in [7, 11) is -3.26. The van der Waals surface area contributed by atoms with Crippen LogP contribution in [0.2, 0.25) is 0 Å². The van der Waals surface area contributed by atoms with Gasteiger partial charge in [-0.15, -0.1) is 0 Å². The third-order valence-electron chi connectivity index (χ3n) is 6.23. The van der Waals surface area contributed by atoms with E-state index in [0.717, 1.165) is 41.1 Å². The summed E-state index contributed by atoms with van der Waals surface area (Å²) in [6, 6.07) is 15.7. The topological polar surface area (TPSA) is 70.9 Å². The molecule has 0 saturated carbocycles. The van der Waals surface area contributed by atoms with Crippen LogP contribution in [0.5, 0.6) is 0 Å². The van der Waals surface area contributed by atoms with Crippen molar-refractivity contribution >= 4 is 33.4 Å². The highest BCUT2D eigenvalue weighted by molar-refractivity contribution is 7.90. The minimum atomic E-state index is -3.26. The molecule has 6 heteroatoms. The van der Waals surface area contributed by atoms with Crippen molar-refractivity contribution in [2.45, 2.75) is 29.7 Å². The van der Waals surface area contributed by atoms with Crippen molar-refractivity contribution in [2.75, 3.05) is 19.3 Å². The predicted molar refractivity (Wildman–Crippen MR) is 127 cm³/mol. The van der Waals surface area contributed by atoms with E-state index >= 15 is 0 Å². The number of nitrogens with one attached hydrogen (secondary N) is 1. The maximum absolute atomic E-state index is 11.9. The third kappa shape index (κ3) is 4.05. The largest absolute Gasteiger partial charge is 0.317 e. The Bertz CT molecular complexity index is 1230. The second-order valence-corrected chi connectivity index (χ2v) is 10.4. The van der Waals surface area contributed by atoms with E-state index in [1.54, 1.807) is 24.4 Å². The Balaban J connectivity index is 1.39. The number of hydrogen-bond donors (Lipinski definition) is 1. The van der Waals surface area contributed by atoms with Crippen molar-refractivity contribution < 1.29 is 8.42 Å². The summed E-state index contributed by atoms with van der Waals surface area (Å²) in [6.45, 7) is 2.18. The number of piperidine rings is 1. The van der Waals surface area contributed by atoms with Crippen molar-refractivity contribution in [3.05, 3.63) is 77.0 Å². The van der Waals surface area contributed by atoms with Gasteiger partial charge in [-0.1, -0.05) is 36.4 Å². The van der Waals surface area contributed by atoms with Gasteiger partial charge in [0.2, 0.25) is 0 Å². The molecule has 3 aliphatic rings. The van der Waals surface area contributed by atoms with Gasteiger partial charge in [0.15, 0.2) is 9.84 Å². The van der Waals surface area contributed by atoms with E-state index in [9.17, 15) is 8.42 Å². The molecular formula is C25H25N3O2S. The number of dihydropyridines is 1. The molecule has 0 aromatic heterocycles. The van der Waals surface area contributed by atoms with Crippen LogP contribution in [0.4, 0.5) is 0 Å². The standard InChI is InChI=1S/C25H25N3O2S/c1-31(29,30)22-4-2-3-20(13-22)23-16-27-24-14-21(15-28-25(23)24)18-7-5-17(6-8-18)19-9-11-26-12-10-19/h2-8,13-16,19,24,26H,9-12H2,1H3. The van der Waals surface area contributed by atoms with E-state index in [1.807, 2.05) is 12.3 Å². The molecule has 1 atom stereocenters. The van der Waals surface area contributed by atoms with Gasteiger partial charge in [-0.05, 0) is 72.3 Å². The van der Waals surface area contributed by atoms with E-state index in [2.05, 4.69) is 40.7 Å². The number of sulfone groups is 1. The number of aliphatic imine (C=N–C) groups is 2. The molecule has 2 aromatic carbocycles. The monoisotopic (exact) mass is 431 g/mol. The summed E-state index contributed by atoms with van der Waals surface area (Å²) in [5.74, 6) is 0.642. The first-order chi connectivity index (χ1) is 15.0. The van der Waals surface area contributed by atoms with Gasteiger partial charge >= 0.3 is 0 Å². The van der Waals surface area contributed by atoms with Crippen LogP contribution in [0.3, 0.4) is 0 Å². The van der Waals surface area contributed by atoms with Gasteiger partial charge in [-0.2, -0.15) is 0 Å². The first kappa shape index (κ1) is 20.1. The van der Waals surface area contributed by atoms with Crippen molar-refractivity contribution in [3.63, 3.8) is 0 Å². The van der Waals surface area contributed by atoms with Crippen LogP contribution in [0.25, 0.3) is 11.1 Å². The lowest BCUT2D eigenvalue weighted by Gasteiger charge is -2.23. The zero-order valence-electron chi connectivity index (χ0n) is 17.5. The molecule has 0 radical (unpaired) electrons. The van der Waals surface area contributed by atoms with Gasteiger partial charge in [-0.25, -0.2) is 8.42 Å². The molecular weight excluding hydrogens is 406 g/mol. The van der Waals surface area contributed by atoms with E-state index in [4.69, 9.17) is 4.99 Å². The minimum Gasteiger partial charge on any atom is -0.317 e. The summed E-state index contributed by atoms with van der Waals surface area (Å²) in [6.07, 6.45) is 9.43. The summed E-state index contributed by atoms with van der Waals surface area (Å²) in [5, 5.41) is 3.42. The van der Waals surface area contributed by atoms with Crippen LogP contribution in [-0.4, -0.2) is 46.2 Å². The van der Waals surface area contributed by atoms with Crippen molar-refractivity contribution in [1.82, 2.24) is 5.32 Å². The SMILES string of the molecule is CS(=O)(=O)c1cccc(C2=C3N=CC(c4ccc(C5CCNCC5)cc4)=CC3N=C2)c1. The molecule has 31 heavy (non-hydrogen) atoms. The normalized spacial score (nSPS) is 21.3. The highest BCUT2D eigenvalue weighted by Gasteiger charge is 2.25. The average molecular weight is 432 g/mol. The molecule has 0 aliphatic carbocycles. The molecule has 1 saturated heterocycles. The predicted octanol–water partition coefficient (Wildman–Crippen LogP) is 3.89. The van der Waals surface area contributed by atoms with Crippen LogP contribution < -0.4 is 5.32 Å². The van der Waals surface area contributed by atoms with Crippen LogP contribution in [0, 0.1) is 0 Å². The van der Waals surface area contributed by atoms with Gasteiger partial charge in [0, 0.05) is 24.3 Å². The van der Waals surface area contributed by atoms with E-state index in [1.165, 1.54) is 24.7 Å². The smallest absolute Gasteiger partial charge is 0.175 e. The lowest BCUT2D eigenvalue weighted by molar-refractivity contribution is 0.460. The highest BCUT2D eigenvalue weighted by Crippen LogP contribution is 2.34. The Morgan fingerprint density at radius 1 is 0.968 bits per heavy atom. The minimum absolute atomic E-state index is 0.138. The molecule has 3 heterocycles. The highest BCUT2D eigenvalue weighted by atomic mass is 32.2. The summed E-state index contributed by atoms with van der Waals surface area (Å²) in [4.78, 5) is 9.65. The van der Waals surface area contributed by atoms with Gasteiger partial charge in [0.25, 0.3) is 0 Å². The number of hydrogen-bond acceptors (Lipinski definition) is 5. The van der Waals surface area contributed by atoms with Gasteiger partial charge in [0.1, 0.15) is 6.04 Å². The number of fused-ring (bicyclic) bond motifs is 1. The first-order valence-electron chi connectivity index (χ1n) is 10.6. The molecule has 0 bridgehead atoms. The zero-order valence-corrected chi connectivity index (χ0v) is 18.3. The van der Waals surface area contributed by atoms with Gasteiger partial charge in [-0.3, -0.25) is 9.98 Å². The third-order valence-corrected chi connectivity index (χ3v) is 7.34. The number of nitrogens with zero attached hydrogens (tertiary/aromatic N) is 2. The molecule has 3 aliphatic heterocycles. The van der Waals surface area contributed by atoms with Crippen molar-refractivity contribution in [2.24, 2.45) is 9.98 Å². The molecule has 5 rings (SSSR count). The molecule has 1 fully saturated rings. The fraction of sp³-hybridized carbons (Fsp3) is 0.280. The second-order valence-electron chi connectivity index (χ2n) is 8.35. The fourth-order valence-electron chi connectivity index (χ4n) is 4.46. The summed E-state index contributed by atoms with van der Waals surface area (Å²) >= 11 is 0. The Kier molecular flexibility index (Phi) is 5.20. The Hall–Kier alpha value is -2.83. The van der Waals surface area contributed by atoms with E-state index in [-0.39, 0.29) is 6.04 Å². The van der Waals surface area contributed by atoms with Crippen LogP contribution in [0.1, 0.15) is 35.4 Å². The molecule has 0 amide bonds. The van der Waals surface area contributed by atoms with Crippen molar-refractivity contribution in [3.8, 4) is 0 Å². The number of rotatable bonds is 4. The maximum atomic E-state index is 11.9. The lowest BCUT2D eigenvalue weighted by Crippen LogP contribution is -2.26. The molecule has 2 aromatic rings. The zero-order chi connectivity index (χ0) is 21.4. The van der Waals surface area contributed by atoms with Crippen LogP contribution in [0.15, 0.2) is 75.2 Å². The number of benzene rings is 2. The fourth-order valence-corrected chi connectivity index (χ4v) is 5.13. The quantitative estimate of drug-likeness (QED) is 0.798. The van der Waals surface area contributed by atoms with E-state index < -0.39 is 9.84 Å². The molecule has 1 N–H and O–H groups in total. The number of allylic oxidation sites excluding steroid dienone is 2. The Labute approximate surface area is 183 Å². The lowest BCUT2D eigenvalue weighted by atomic mass is 9.89. The van der Waals surface area contributed by atoms with E-state index in [0.29, 0.717) is 10.8 Å². The summed E-state index contributed by atoms with van der Waals surface area (Å²) in [5.41, 5.74) is 6.18. The molecule has 1 unspecified atom stereocenters. The molecule has 5 nitrogen and oxygen atoms in total. The average Bonchev–Trinajstić information content (AvgIpc) is 3.23. The first-order valence-corrected chi connectivity index (χ1v) is 12.5. The van der Waals surface area contributed by atoms with Gasteiger partial charge in [0.05, 0.1) is 10.6 Å². The Morgan fingerprint density at radius 3 is 2.48 bits per heavy atom.